The van der Waals surface area contributed by atoms with Crippen LogP contribution in [0.25, 0.3) is 11.0 Å². The fourth-order valence-electron chi connectivity index (χ4n) is 2.00. The van der Waals surface area contributed by atoms with Gasteiger partial charge in [0.05, 0.1) is 16.1 Å². The van der Waals surface area contributed by atoms with Crippen molar-refractivity contribution in [1.82, 2.24) is 9.55 Å². The van der Waals surface area contributed by atoms with Crippen molar-refractivity contribution in [3.05, 3.63) is 28.0 Å². The smallest absolute Gasteiger partial charge is 0.178 e. The number of nitrogens with zero attached hydrogens (tertiary/aromatic N) is 1. The van der Waals surface area contributed by atoms with E-state index < -0.39 is 0 Å². The minimum Gasteiger partial charge on any atom is -0.331 e. The van der Waals surface area contributed by atoms with Gasteiger partial charge in [-0.3, -0.25) is 0 Å². The summed E-state index contributed by atoms with van der Waals surface area (Å²) in [6.07, 6.45) is 2.12. The molecule has 1 N–H and O–H groups in total. The zero-order valence-electron chi connectivity index (χ0n) is 9.87. The number of benzene rings is 1. The topological polar surface area (TPSA) is 20.7 Å². The molecule has 0 aliphatic heterocycles. The van der Waals surface area contributed by atoms with Crippen molar-refractivity contribution in [2.45, 2.75) is 13.5 Å². The third-order valence-corrected chi connectivity index (χ3v) is 4.22. The summed E-state index contributed by atoms with van der Waals surface area (Å²) in [4.78, 5) is 3.20. The molecule has 0 aliphatic rings. The minimum absolute atomic E-state index is 0.576. The van der Waals surface area contributed by atoms with Gasteiger partial charge in [-0.05, 0) is 42.3 Å². The summed E-state index contributed by atoms with van der Waals surface area (Å²) >= 11 is 13.5. The minimum atomic E-state index is 0.576. The lowest BCUT2D eigenvalue weighted by atomic mass is 10.2. The molecule has 1 atom stereocenters. The average molecular weight is 287 g/mol. The van der Waals surface area contributed by atoms with E-state index in [1.54, 1.807) is 0 Å². The first-order valence-corrected chi connectivity index (χ1v) is 7.67. The van der Waals surface area contributed by atoms with Gasteiger partial charge in [-0.15, -0.1) is 0 Å². The van der Waals surface area contributed by atoms with E-state index in [0.29, 0.717) is 5.92 Å². The Hall–Kier alpha value is -0.450. The van der Waals surface area contributed by atoms with Gasteiger partial charge >= 0.3 is 0 Å². The normalized spacial score (nSPS) is 13.1. The number of rotatable bonds is 4. The first-order chi connectivity index (χ1) is 8.13. The van der Waals surface area contributed by atoms with Crippen molar-refractivity contribution in [2.75, 3.05) is 12.0 Å². The number of hydrogen-bond acceptors (Lipinski definition) is 2. The maximum Gasteiger partial charge on any atom is 0.178 e. The molecule has 2 rings (SSSR count). The number of hydrogen-bond donors (Lipinski definition) is 1. The molecule has 0 spiro atoms. The molecular weight excluding hydrogens is 272 g/mol. The number of imidazole rings is 1. The Morgan fingerprint density at radius 2 is 2.29 bits per heavy atom. The van der Waals surface area contributed by atoms with Crippen LogP contribution >= 0.6 is 35.6 Å². The van der Waals surface area contributed by atoms with E-state index in [4.69, 9.17) is 23.8 Å². The Kier molecular flexibility index (Phi) is 4.17. The summed E-state index contributed by atoms with van der Waals surface area (Å²) in [5, 5.41) is 0.756. The predicted molar refractivity (Wildman–Crippen MR) is 79.7 cm³/mol. The fourth-order valence-corrected chi connectivity index (χ4v) is 3.22. The molecule has 5 heteroatoms. The van der Waals surface area contributed by atoms with Crippen molar-refractivity contribution >= 4 is 46.6 Å². The molecule has 17 heavy (non-hydrogen) atoms. The number of fused-ring (bicyclic) bond motifs is 1. The lowest BCUT2D eigenvalue weighted by molar-refractivity contribution is 0.537. The van der Waals surface area contributed by atoms with E-state index >= 15 is 0 Å². The molecule has 2 nitrogen and oxygen atoms in total. The number of H-pyrrole nitrogens is 1. The first kappa shape index (κ1) is 13.0. The summed E-state index contributed by atoms with van der Waals surface area (Å²) in [6.45, 7) is 3.14. The number of nitrogens with one attached hydrogen (secondary N) is 1. The highest BCUT2D eigenvalue weighted by atomic mass is 35.5. The standard InChI is InChI=1S/C12H15ClN2S2/c1-8(7-17-2)6-15-11-9(13)4-3-5-10(11)14-12(15)16/h3-5,8H,6-7H2,1-2H3,(H,14,16). The molecule has 1 aromatic carbocycles. The van der Waals surface area contributed by atoms with Crippen molar-refractivity contribution < 1.29 is 0 Å². The van der Waals surface area contributed by atoms with Crippen LogP contribution in [-0.4, -0.2) is 21.6 Å². The highest BCUT2D eigenvalue weighted by Gasteiger charge is 2.10. The van der Waals surface area contributed by atoms with Crippen molar-refractivity contribution in [2.24, 2.45) is 5.92 Å². The predicted octanol–water partition coefficient (Wildman–Crippen LogP) is 4.35. The number of aromatic nitrogens is 2. The average Bonchev–Trinajstić information content (AvgIpc) is 2.57. The second kappa shape index (κ2) is 5.46. The van der Waals surface area contributed by atoms with E-state index in [0.717, 1.165) is 33.1 Å². The molecule has 2 aromatic rings. The maximum atomic E-state index is 6.24. The van der Waals surface area contributed by atoms with Gasteiger partial charge in [0.15, 0.2) is 4.77 Å². The van der Waals surface area contributed by atoms with Gasteiger partial charge in [-0.2, -0.15) is 11.8 Å². The van der Waals surface area contributed by atoms with E-state index in [1.165, 1.54) is 0 Å². The van der Waals surface area contributed by atoms with Crippen molar-refractivity contribution in [3.63, 3.8) is 0 Å². The summed E-state index contributed by atoms with van der Waals surface area (Å²) in [5.74, 6) is 1.70. The van der Waals surface area contributed by atoms with Gasteiger partial charge in [0, 0.05) is 6.54 Å². The fraction of sp³-hybridized carbons (Fsp3) is 0.417. The summed E-state index contributed by atoms with van der Waals surface area (Å²) in [5.41, 5.74) is 2.03. The Bertz CT molecular complexity index is 573. The third-order valence-electron chi connectivity index (χ3n) is 2.69. The Morgan fingerprint density at radius 3 is 3.00 bits per heavy atom. The van der Waals surface area contributed by atoms with Gasteiger partial charge in [0.2, 0.25) is 0 Å². The molecule has 1 heterocycles. The lowest BCUT2D eigenvalue weighted by Crippen LogP contribution is -2.09. The number of halogens is 1. The van der Waals surface area contributed by atoms with Gasteiger partial charge in [0.1, 0.15) is 0 Å². The largest absolute Gasteiger partial charge is 0.331 e. The van der Waals surface area contributed by atoms with Crippen LogP contribution in [0.4, 0.5) is 0 Å². The van der Waals surface area contributed by atoms with Crippen LogP contribution in [0.5, 0.6) is 0 Å². The van der Waals surface area contributed by atoms with Crippen LogP contribution in [0.1, 0.15) is 6.92 Å². The van der Waals surface area contributed by atoms with Crippen LogP contribution in [-0.2, 0) is 6.54 Å². The number of aromatic amines is 1. The highest BCUT2D eigenvalue weighted by molar-refractivity contribution is 7.98. The summed E-state index contributed by atoms with van der Waals surface area (Å²) < 4.78 is 2.86. The Morgan fingerprint density at radius 1 is 1.53 bits per heavy atom. The summed E-state index contributed by atoms with van der Waals surface area (Å²) in [6, 6.07) is 5.85. The van der Waals surface area contributed by atoms with Gasteiger partial charge in [-0.25, -0.2) is 0 Å². The first-order valence-electron chi connectivity index (χ1n) is 5.49. The molecular formula is C12H15ClN2S2. The Balaban J connectivity index is 2.46. The molecule has 0 amide bonds. The molecule has 0 fully saturated rings. The van der Waals surface area contributed by atoms with E-state index in [2.05, 4.69) is 22.7 Å². The van der Waals surface area contributed by atoms with Crippen LogP contribution in [0, 0.1) is 10.7 Å². The van der Waals surface area contributed by atoms with Crippen molar-refractivity contribution in [1.29, 1.82) is 0 Å². The van der Waals surface area contributed by atoms with Gasteiger partial charge < -0.3 is 9.55 Å². The summed E-state index contributed by atoms with van der Waals surface area (Å²) in [7, 11) is 0. The zero-order valence-corrected chi connectivity index (χ0v) is 12.3. The molecule has 0 bridgehead atoms. The molecule has 0 saturated heterocycles. The van der Waals surface area contributed by atoms with Crippen LogP contribution in [0.15, 0.2) is 18.2 Å². The zero-order chi connectivity index (χ0) is 12.4. The van der Waals surface area contributed by atoms with Gasteiger partial charge in [0.25, 0.3) is 0 Å². The van der Waals surface area contributed by atoms with Crippen LogP contribution < -0.4 is 0 Å². The number of thioether (sulfide) groups is 1. The maximum absolute atomic E-state index is 6.24. The van der Waals surface area contributed by atoms with E-state index in [-0.39, 0.29) is 0 Å². The molecule has 92 valence electrons. The molecule has 1 aromatic heterocycles. The molecule has 0 radical (unpaired) electrons. The SMILES string of the molecule is CSCC(C)Cn1c(=S)[nH]c2cccc(Cl)c21. The van der Waals surface area contributed by atoms with Crippen molar-refractivity contribution in [3.8, 4) is 0 Å². The molecule has 0 saturated carbocycles. The van der Waals surface area contributed by atoms with E-state index in [1.807, 2.05) is 30.0 Å². The second-order valence-electron chi connectivity index (χ2n) is 4.24. The molecule has 1 unspecified atom stereocenters. The number of para-hydroxylation sites is 1. The van der Waals surface area contributed by atoms with Crippen LogP contribution in [0.2, 0.25) is 5.02 Å². The molecule has 0 aliphatic carbocycles. The third kappa shape index (κ3) is 2.69. The Labute approximate surface area is 115 Å². The quantitative estimate of drug-likeness (QED) is 0.844. The second-order valence-corrected chi connectivity index (χ2v) is 5.94. The van der Waals surface area contributed by atoms with Gasteiger partial charge in [-0.1, -0.05) is 24.6 Å². The highest BCUT2D eigenvalue weighted by Crippen LogP contribution is 2.24. The monoisotopic (exact) mass is 286 g/mol. The lowest BCUT2D eigenvalue weighted by Gasteiger charge is -2.12. The van der Waals surface area contributed by atoms with E-state index in [9.17, 15) is 0 Å². The van der Waals surface area contributed by atoms with Crippen LogP contribution in [0.3, 0.4) is 0 Å².